The largest absolute Gasteiger partial charge is 0.358 e. The Kier molecular flexibility index (Phi) is 3.04. The van der Waals surface area contributed by atoms with Gasteiger partial charge in [-0.1, -0.05) is 0 Å². The van der Waals surface area contributed by atoms with Crippen LogP contribution in [-0.4, -0.2) is 37.7 Å². The second kappa shape index (κ2) is 5.20. The van der Waals surface area contributed by atoms with Crippen molar-refractivity contribution in [1.82, 2.24) is 30.0 Å². The Morgan fingerprint density at radius 1 is 1.26 bits per heavy atom. The minimum Gasteiger partial charge on any atom is -0.358 e. The van der Waals surface area contributed by atoms with E-state index in [1.165, 1.54) is 0 Å². The molecule has 4 heterocycles. The first-order valence-electron chi connectivity index (χ1n) is 7.20. The molecule has 7 nitrogen and oxygen atoms in total. The standard InChI is InChI=1S/C16H14N6O/c1-17-15(23)9-22-8-10(6-19-22)13-3-2-11-12-7-18-5-4-14(12)21-16(11)20-13/h2-8H,9H2,1H3,(H,17,23)(H,20,21). The van der Waals surface area contributed by atoms with E-state index < -0.39 is 0 Å². The van der Waals surface area contributed by atoms with Crippen LogP contribution in [0.4, 0.5) is 0 Å². The molecule has 4 rings (SSSR count). The molecule has 0 aliphatic carbocycles. The van der Waals surface area contributed by atoms with E-state index in [9.17, 15) is 4.79 Å². The third-order valence-corrected chi connectivity index (χ3v) is 3.77. The fourth-order valence-corrected chi connectivity index (χ4v) is 2.59. The molecule has 4 aromatic heterocycles. The van der Waals surface area contributed by atoms with E-state index in [1.807, 2.05) is 30.6 Å². The Morgan fingerprint density at radius 2 is 2.17 bits per heavy atom. The smallest absolute Gasteiger partial charge is 0.241 e. The quantitative estimate of drug-likeness (QED) is 0.603. The van der Waals surface area contributed by atoms with E-state index in [4.69, 9.17) is 0 Å². The van der Waals surface area contributed by atoms with Gasteiger partial charge in [-0.15, -0.1) is 0 Å². The van der Waals surface area contributed by atoms with Gasteiger partial charge in [0.2, 0.25) is 5.91 Å². The highest BCUT2D eigenvalue weighted by Crippen LogP contribution is 2.26. The van der Waals surface area contributed by atoms with Crippen molar-refractivity contribution in [2.45, 2.75) is 6.54 Å². The molecular formula is C16H14N6O. The van der Waals surface area contributed by atoms with Crippen LogP contribution in [0.15, 0.2) is 43.0 Å². The molecule has 0 saturated carbocycles. The SMILES string of the molecule is CNC(=O)Cn1cc(-c2ccc3c(n2)[nH]c2ccncc23)cn1. The molecule has 1 amide bonds. The summed E-state index contributed by atoms with van der Waals surface area (Å²) in [5.41, 5.74) is 3.49. The number of H-pyrrole nitrogens is 1. The summed E-state index contributed by atoms with van der Waals surface area (Å²) in [6.07, 6.45) is 7.10. The van der Waals surface area contributed by atoms with E-state index in [2.05, 4.69) is 25.4 Å². The van der Waals surface area contributed by atoms with E-state index in [-0.39, 0.29) is 12.5 Å². The maximum Gasteiger partial charge on any atom is 0.241 e. The van der Waals surface area contributed by atoms with Crippen LogP contribution in [-0.2, 0) is 11.3 Å². The number of carbonyl (C=O) groups is 1. The van der Waals surface area contributed by atoms with Crippen LogP contribution in [0.1, 0.15) is 0 Å². The van der Waals surface area contributed by atoms with Crippen molar-refractivity contribution in [3.63, 3.8) is 0 Å². The Morgan fingerprint density at radius 3 is 3.04 bits per heavy atom. The summed E-state index contributed by atoms with van der Waals surface area (Å²) in [7, 11) is 1.60. The molecule has 0 fully saturated rings. The van der Waals surface area contributed by atoms with Crippen LogP contribution in [0.5, 0.6) is 0 Å². The van der Waals surface area contributed by atoms with E-state index in [0.717, 1.165) is 33.2 Å². The van der Waals surface area contributed by atoms with Gasteiger partial charge in [0.25, 0.3) is 0 Å². The number of hydrogen-bond donors (Lipinski definition) is 2. The second-order valence-electron chi connectivity index (χ2n) is 5.24. The number of likely N-dealkylation sites (N-methyl/N-ethyl adjacent to an activating group) is 1. The Labute approximate surface area is 131 Å². The minimum atomic E-state index is -0.0915. The van der Waals surface area contributed by atoms with Crippen LogP contribution in [0.2, 0.25) is 0 Å². The van der Waals surface area contributed by atoms with Gasteiger partial charge in [0.15, 0.2) is 0 Å². The molecule has 2 N–H and O–H groups in total. The highest BCUT2D eigenvalue weighted by molar-refractivity contribution is 6.05. The number of rotatable bonds is 3. The predicted molar refractivity (Wildman–Crippen MR) is 86.7 cm³/mol. The summed E-state index contributed by atoms with van der Waals surface area (Å²) in [5.74, 6) is -0.0915. The molecule has 0 aliphatic rings. The molecule has 0 spiro atoms. The summed E-state index contributed by atoms with van der Waals surface area (Å²) < 4.78 is 1.59. The normalized spacial score (nSPS) is 11.2. The molecule has 7 heteroatoms. The number of pyridine rings is 2. The monoisotopic (exact) mass is 306 g/mol. The number of fused-ring (bicyclic) bond motifs is 3. The minimum absolute atomic E-state index is 0.0915. The zero-order valence-corrected chi connectivity index (χ0v) is 12.4. The van der Waals surface area contributed by atoms with Gasteiger partial charge in [0.1, 0.15) is 12.2 Å². The number of hydrogen-bond acceptors (Lipinski definition) is 4. The lowest BCUT2D eigenvalue weighted by Gasteiger charge is -1.99. The van der Waals surface area contributed by atoms with Crippen LogP contribution >= 0.6 is 0 Å². The van der Waals surface area contributed by atoms with Crippen LogP contribution in [0, 0.1) is 0 Å². The van der Waals surface area contributed by atoms with E-state index >= 15 is 0 Å². The lowest BCUT2D eigenvalue weighted by molar-refractivity contribution is -0.121. The molecule has 0 saturated heterocycles. The van der Waals surface area contributed by atoms with Crippen molar-refractivity contribution in [2.24, 2.45) is 0 Å². The van der Waals surface area contributed by atoms with Crippen molar-refractivity contribution < 1.29 is 4.79 Å². The van der Waals surface area contributed by atoms with Crippen LogP contribution in [0.3, 0.4) is 0 Å². The molecule has 0 radical (unpaired) electrons. The molecule has 0 aromatic carbocycles. The predicted octanol–water partition coefficient (Wildman–Crippen LogP) is 1.72. The first-order chi connectivity index (χ1) is 11.2. The third-order valence-electron chi connectivity index (χ3n) is 3.77. The first kappa shape index (κ1) is 13.4. The Bertz CT molecular complexity index is 1020. The highest BCUT2D eigenvalue weighted by atomic mass is 16.1. The topological polar surface area (TPSA) is 88.5 Å². The number of amides is 1. The Hall–Kier alpha value is -3.22. The Balaban J connectivity index is 1.74. The lowest BCUT2D eigenvalue weighted by atomic mass is 10.2. The molecule has 114 valence electrons. The lowest BCUT2D eigenvalue weighted by Crippen LogP contribution is -2.23. The van der Waals surface area contributed by atoms with Crippen molar-refractivity contribution in [2.75, 3.05) is 7.05 Å². The molecule has 4 aromatic rings. The summed E-state index contributed by atoms with van der Waals surface area (Å²) in [6.45, 7) is 0.191. The van der Waals surface area contributed by atoms with Gasteiger partial charge >= 0.3 is 0 Å². The fraction of sp³-hybridized carbons (Fsp3) is 0.125. The van der Waals surface area contributed by atoms with Crippen LogP contribution in [0.25, 0.3) is 33.2 Å². The van der Waals surface area contributed by atoms with E-state index in [1.54, 1.807) is 24.1 Å². The van der Waals surface area contributed by atoms with Crippen molar-refractivity contribution in [1.29, 1.82) is 0 Å². The van der Waals surface area contributed by atoms with Gasteiger partial charge < -0.3 is 10.3 Å². The maximum atomic E-state index is 11.4. The van der Waals surface area contributed by atoms with Crippen LogP contribution < -0.4 is 5.32 Å². The van der Waals surface area contributed by atoms with Crippen molar-refractivity contribution >= 4 is 27.8 Å². The van der Waals surface area contributed by atoms with Gasteiger partial charge in [-0.25, -0.2) is 4.98 Å². The average molecular weight is 306 g/mol. The molecule has 0 atom stereocenters. The molecular weight excluding hydrogens is 292 g/mol. The molecule has 0 unspecified atom stereocenters. The summed E-state index contributed by atoms with van der Waals surface area (Å²) in [4.78, 5) is 23.5. The van der Waals surface area contributed by atoms with Crippen molar-refractivity contribution in [3.05, 3.63) is 43.0 Å². The number of nitrogens with zero attached hydrogens (tertiary/aromatic N) is 4. The molecule has 23 heavy (non-hydrogen) atoms. The number of carbonyl (C=O) groups excluding carboxylic acids is 1. The second-order valence-corrected chi connectivity index (χ2v) is 5.24. The summed E-state index contributed by atoms with van der Waals surface area (Å²) in [6, 6.07) is 5.90. The molecule has 0 aliphatic heterocycles. The highest BCUT2D eigenvalue weighted by Gasteiger charge is 2.09. The zero-order valence-electron chi connectivity index (χ0n) is 12.4. The molecule has 0 bridgehead atoms. The zero-order chi connectivity index (χ0) is 15.8. The van der Waals surface area contributed by atoms with Gasteiger partial charge in [0, 0.05) is 42.0 Å². The van der Waals surface area contributed by atoms with Gasteiger partial charge in [-0.05, 0) is 18.2 Å². The maximum absolute atomic E-state index is 11.4. The van der Waals surface area contributed by atoms with Gasteiger partial charge in [-0.2, -0.15) is 5.10 Å². The number of aromatic amines is 1. The average Bonchev–Trinajstić information content (AvgIpc) is 3.18. The number of nitrogens with one attached hydrogen (secondary N) is 2. The summed E-state index contributed by atoms with van der Waals surface area (Å²) >= 11 is 0. The van der Waals surface area contributed by atoms with Crippen molar-refractivity contribution in [3.8, 4) is 11.3 Å². The van der Waals surface area contributed by atoms with Gasteiger partial charge in [0.05, 0.1) is 17.4 Å². The fourth-order valence-electron chi connectivity index (χ4n) is 2.59. The van der Waals surface area contributed by atoms with Gasteiger partial charge in [-0.3, -0.25) is 14.5 Å². The van der Waals surface area contributed by atoms with E-state index in [0.29, 0.717) is 0 Å². The summed E-state index contributed by atoms with van der Waals surface area (Å²) in [5, 5.41) is 8.86. The first-order valence-corrected chi connectivity index (χ1v) is 7.20. The number of aromatic nitrogens is 5. The third kappa shape index (κ3) is 2.32.